The molecule has 1 fully saturated rings. The fourth-order valence-corrected chi connectivity index (χ4v) is 2.60. The van der Waals surface area contributed by atoms with Crippen molar-refractivity contribution in [2.75, 3.05) is 26.7 Å². The second-order valence-electron chi connectivity index (χ2n) is 5.69. The molecule has 136 valence electrons. The van der Waals surface area contributed by atoms with Crippen molar-refractivity contribution in [3.05, 3.63) is 29.3 Å². The van der Waals surface area contributed by atoms with Crippen LogP contribution in [0.15, 0.2) is 29.3 Å². The largest absolute Gasteiger partial charge is 0.489 e. The van der Waals surface area contributed by atoms with Crippen LogP contribution >= 0.6 is 35.6 Å². The maximum Gasteiger partial charge on any atom is 0.191 e. The third-order valence-corrected chi connectivity index (χ3v) is 3.97. The average Bonchev–Trinajstić information content (AvgIpc) is 3.06. The van der Waals surface area contributed by atoms with Gasteiger partial charge in [0.2, 0.25) is 0 Å². The van der Waals surface area contributed by atoms with Gasteiger partial charge in [-0.15, -0.1) is 24.0 Å². The first-order valence-corrected chi connectivity index (χ1v) is 8.53. The number of hydrogen-bond acceptors (Lipinski definition) is 3. The highest BCUT2D eigenvalue weighted by Crippen LogP contribution is 2.16. The van der Waals surface area contributed by atoms with E-state index >= 15 is 0 Å². The van der Waals surface area contributed by atoms with Crippen LogP contribution in [0.1, 0.15) is 26.2 Å². The molecule has 1 aliphatic heterocycles. The van der Waals surface area contributed by atoms with Crippen molar-refractivity contribution in [3.63, 3.8) is 0 Å². The van der Waals surface area contributed by atoms with E-state index in [1.165, 1.54) is 12.8 Å². The molecule has 0 amide bonds. The molecule has 0 spiro atoms. The van der Waals surface area contributed by atoms with Gasteiger partial charge in [-0.3, -0.25) is 4.99 Å². The Hall–Kier alpha value is -0.730. The molecule has 2 rings (SSSR count). The van der Waals surface area contributed by atoms with Gasteiger partial charge in [-0.1, -0.05) is 11.6 Å². The lowest BCUT2D eigenvalue weighted by molar-refractivity contribution is 0.105. The van der Waals surface area contributed by atoms with Gasteiger partial charge in [-0.25, -0.2) is 0 Å². The first kappa shape index (κ1) is 21.3. The minimum absolute atomic E-state index is 0. The van der Waals surface area contributed by atoms with Crippen LogP contribution < -0.4 is 15.4 Å². The number of halogens is 2. The summed E-state index contributed by atoms with van der Waals surface area (Å²) in [7, 11) is 1.77. The van der Waals surface area contributed by atoms with Crippen LogP contribution in [0.5, 0.6) is 5.75 Å². The van der Waals surface area contributed by atoms with Crippen LogP contribution in [0.3, 0.4) is 0 Å². The summed E-state index contributed by atoms with van der Waals surface area (Å²) < 4.78 is 11.4. The minimum Gasteiger partial charge on any atom is -0.489 e. The summed E-state index contributed by atoms with van der Waals surface area (Å²) in [4.78, 5) is 4.22. The van der Waals surface area contributed by atoms with Gasteiger partial charge in [-0.2, -0.15) is 0 Å². The Morgan fingerprint density at radius 1 is 1.38 bits per heavy atom. The molecule has 7 heteroatoms. The molecular weight excluding hydrogens is 441 g/mol. The Kier molecular flexibility index (Phi) is 10.4. The lowest BCUT2D eigenvalue weighted by Crippen LogP contribution is -2.42. The monoisotopic (exact) mass is 467 g/mol. The summed E-state index contributed by atoms with van der Waals surface area (Å²) in [5.41, 5.74) is 0. The quantitative estimate of drug-likeness (QED) is 0.366. The van der Waals surface area contributed by atoms with E-state index in [2.05, 4.69) is 15.6 Å². The van der Waals surface area contributed by atoms with Crippen molar-refractivity contribution in [1.29, 1.82) is 0 Å². The van der Waals surface area contributed by atoms with Crippen LogP contribution in [0, 0.1) is 0 Å². The molecule has 0 aliphatic carbocycles. The van der Waals surface area contributed by atoms with Crippen molar-refractivity contribution in [2.24, 2.45) is 4.99 Å². The van der Waals surface area contributed by atoms with Crippen molar-refractivity contribution in [2.45, 2.75) is 38.4 Å². The first-order valence-electron chi connectivity index (χ1n) is 8.15. The second-order valence-corrected chi connectivity index (χ2v) is 6.12. The van der Waals surface area contributed by atoms with Gasteiger partial charge in [0.25, 0.3) is 0 Å². The Morgan fingerprint density at radius 3 is 2.75 bits per heavy atom. The van der Waals surface area contributed by atoms with Gasteiger partial charge in [0.15, 0.2) is 5.96 Å². The number of ether oxygens (including phenoxy) is 2. The molecule has 1 saturated heterocycles. The van der Waals surface area contributed by atoms with E-state index in [1.54, 1.807) is 7.05 Å². The lowest BCUT2D eigenvalue weighted by atomic mass is 10.2. The van der Waals surface area contributed by atoms with Gasteiger partial charge in [0, 0.05) is 25.2 Å². The Bertz CT molecular complexity index is 493. The molecule has 2 atom stereocenters. The lowest BCUT2D eigenvalue weighted by Gasteiger charge is -2.18. The number of aliphatic imine (C=N–C) groups is 1. The molecule has 0 aromatic heterocycles. The third-order valence-electron chi connectivity index (χ3n) is 3.71. The smallest absolute Gasteiger partial charge is 0.191 e. The van der Waals surface area contributed by atoms with Gasteiger partial charge >= 0.3 is 0 Å². The standard InChI is InChI=1S/C17H26ClN3O2.HI/c1-13(23-16-7-5-14(18)6-8-16)12-21-17(19-2)20-10-9-15-4-3-11-22-15;/h5-8,13,15H,3-4,9-12H2,1-2H3,(H2,19,20,21);1H. The van der Waals surface area contributed by atoms with E-state index in [0.29, 0.717) is 17.7 Å². The third kappa shape index (κ3) is 7.90. The minimum atomic E-state index is 0. The molecular formula is C17H27ClIN3O2. The fourth-order valence-electron chi connectivity index (χ4n) is 2.47. The Labute approximate surface area is 166 Å². The number of nitrogens with zero attached hydrogens (tertiary/aromatic N) is 1. The number of hydrogen-bond donors (Lipinski definition) is 2. The number of nitrogens with one attached hydrogen (secondary N) is 2. The summed E-state index contributed by atoms with van der Waals surface area (Å²) in [5.74, 6) is 1.60. The highest BCUT2D eigenvalue weighted by molar-refractivity contribution is 14.0. The SMILES string of the molecule is CN=C(NCCC1CCCO1)NCC(C)Oc1ccc(Cl)cc1.I. The summed E-state index contributed by atoms with van der Waals surface area (Å²) in [6.07, 6.45) is 3.77. The van der Waals surface area contributed by atoms with Gasteiger partial charge in [0.05, 0.1) is 12.6 Å². The fraction of sp³-hybridized carbons (Fsp3) is 0.588. The molecule has 2 N–H and O–H groups in total. The average molecular weight is 468 g/mol. The maximum absolute atomic E-state index is 5.86. The summed E-state index contributed by atoms with van der Waals surface area (Å²) in [6.45, 7) is 4.44. The van der Waals surface area contributed by atoms with Crippen LogP contribution in [-0.2, 0) is 4.74 Å². The molecule has 1 aromatic carbocycles. The zero-order valence-electron chi connectivity index (χ0n) is 14.3. The van der Waals surface area contributed by atoms with Crippen LogP contribution in [0.4, 0.5) is 0 Å². The van der Waals surface area contributed by atoms with E-state index in [-0.39, 0.29) is 30.1 Å². The number of benzene rings is 1. The predicted octanol–water partition coefficient (Wildman–Crippen LogP) is 3.46. The predicted molar refractivity (Wildman–Crippen MR) is 110 cm³/mol. The molecule has 24 heavy (non-hydrogen) atoms. The molecule has 5 nitrogen and oxygen atoms in total. The van der Waals surface area contributed by atoms with Gasteiger partial charge in [0.1, 0.15) is 11.9 Å². The van der Waals surface area contributed by atoms with Crippen molar-refractivity contribution >= 4 is 41.5 Å². The van der Waals surface area contributed by atoms with E-state index in [0.717, 1.165) is 31.3 Å². The van der Waals surface area contributed by atoms with E-state index < -0.39 is 0 Å². The molecule has 0 saturated carbocycles. The normalized spacial score (nSPS) is 18.6. The number of rotatable bonds is 7. The Balaban J connectivity index is 0.00000288. The van der Waals surface area contributed by atoms with Crippen LogP contribution in [-0.4, -0.2) is 44.9 Å². The second kappa shape index (κ2) is 11.8. The van der Waals surface area contributed by atoms with Gasteiger partial charge < -0.3 is 20.1 Å². The van der Waals surface area contributed by atoms with Gasteiger partial charge in [-0.05, 0) is 50.5 Å². The zero-order chi connectivity index (χ0) is 16.5. The van der Waals surface area contributed by atoms with E-state index in [4.69, 9.17) is 21.1 Å². The molecule has 1 heterocycles. The van der Waals surface area contributed by atoms with E-state index in [1.807, 2.05) is 31.2 Å². The Morgan fingerprint density at radius 2 is 2.12 bits per heavy atom. The van der Waals surface area contributed by atoms with Crippen molar-refractivity contribution < 1.29 is 9.47 Å². The molecule has 2 unspecified atom stereocenters. The highest BCUT2D eigenvalue weighted by atomic mass is 127. The summed E-state index contributed by atoms with van der Waals surface area (Å²) in [6, 6.07) is 7.38. The topological polar surface area (TPSA) is 54.9 Å². The molecule has 1 aliphatic rings. The molecule has 0 radical (unpaired) electrons. The molecule has 0 bridgehead atoms. The van der Waals surface area contributed by atoms with Crippen LogP contribution in [0.25, 0.3) is 0 Å². The number of guanidine groups is 1. The highest BCUT2D eigenvalue weighted by Gasteiger charge is 2.14. The zero-order valence-corrected chi connectivity index (χ0v) is 17.3. The molecule has 1 aromatic rings. The van der Waals surface area contributed by atoms with Crippen molar-refractivity contribution in [3.8, 4) is 5.75 Å². The van der Waals surface area contributed by atoms with Crippen LogP contribution in [0.2, 0.25) is 5.02 Å². The van der Waals surface area contributed by atoms with E-state index in [9.17, 15) is 0 Å². The van der Waals surface area contributed by atoms with Crippen molar-refractivity contribution in [1.82, 2.24) is 10.6 Å². The maximum atomic E-state index is 5.86. The first-order chi connectivity index (χ1) is 11.2. The summed E-state index contributed by atoms with van der Waals surface area (Å²) >= 11 is 5.86. The summed E-state index contributed by atoms with van der Waals surface area (Å²) in [5, 5.41) is 7.29.